The van der Waals surface area contributed by atoms with Crippen LogP contribution in [0, 0.1) is 0 Å². The van der Waals surface area contributed by atoms with Crippen molar-refractivity contribution in [2.75, 3.05) is 7.11 Å². The molecular weight excluding hydrogens is 312 g/mol. The fourth-order valence-corrected chi connectivity index (χ4v) is 3.49. The molecule has 1 aliphatic rings. The molecule has 1 aromatic rings. The number of methoxy groups -OCH3 is 1. The Hall–Kier alpha value is -1.48. The number of rotatable bonds is 8. The quantitative estimate of drug-likeness (QED) is 0.351. The van der Waals surface area contributed by atoms with Gasteiger partial charge in [0.2, 0.25) is 5.79 Å². The first-order chi connectivity index (χ1) is 11.9. The minimum absolute atomic E-state index is 0.209. The molecule has 0 amide bonds. The van der Waals surface area contributed by atoms with Crippen molar-refractivity contribution in [2.45, 2.75) is 84.3 Å². The first kappa shape index (κ1) is 19.8. The van der Waals surface area contributed by atoms with Gasteiger partial charge in [0.05, 0.1) is 0 Å². The number of benzene rings is 1. The Kier molecular flexibility index (Phi) is 6.95. The van der Waals surface area contributed by atoms with E-state index in [1.54, 1.807) is 7.11 Å². The normalized spacial score (nSPS) is 18.1. The average molecular weight is 347 g/mol. The molecule has 0 saturated heterocycles. The summed E-state index contributed by atoms with van der Waals surface area (Å²) in [5, 5.41) is 10.8. The molecule has 0 radical (unpaired) electrons. The maximum atomic E-state index is 10.8. The summed E-state index contributed by atoms with van der Waals surface area (Å²) in [6.07, 6.45) is 10.1. The summed E-state index contributed by atoms with van der Waals surface area (Å²) in [4.78, 5) is 0. The molecule has 0 spiro atoms. The zero-order chi connectivity index (χ0) is 18.4. The Morgan fingerprint density at radius 2 is 2.00 bits per heavy atom. The first-order valence-electron chi connectivity index (χ1n) is 9.63. The highest BCUT2D eigenvalue weighted by atomic mass is 16.7. The number of phenols is 1. The van der Waals surface area contributed by atoms with Gasteiger partial charge < -0.3 is 14.6 Å². The maximum absolute atomic E-state index is 10.8. The molecule has 2 rings (SSSR count). The van der Waals surface area contributed by atoms with Crippen LogP contribution in [0.5, 0.6) is 11.5 Å². The molecule has 140 valence electrons. The summed E-state index contributed by atoms with van der Waals surface area (Å²) < 4.78 is 11.7. The third-order valence-electron chi connectivity index (χ3n) is 5.04. The van der Waals surface area contributed by atoms with Gasteiger partial charge in [-0.2, -0.15) is 0 Å². The predicted octanol–water partition coefficient (Wildman–Crippen LogP) is 6.10. The van der Waals surface area contributed by atoms with Gasteiger partial charge in [-0.15, -0.1) is 0 Å². The second kappa shape index (κ2) is 8.75. The second-order valence-corrected chi connectivity index (χ2v) is 7.70. The van der Waals surface area contributed by atoms with Crippen LogP contribution in [0.25, 0.3) is 0 Å². The zero-order valence-electron chi connectivity index (χ0n) is 16.5. The van der Waals surface area contributed by atoms with Crippen molar-refractivity contribution in [3.63, 3.8) is 0 Å². The van der Waals surface area contributed by atoms with E-state index in [-0.39, 0.29) is 5.92 Å². The molecular formula is C22H34O3. The summed E-state index contributed by atoms with van der Waals surface area (Å²) in [6, 6.07) is 4.03. The van der Waals surface area contributed by atoms with E-state index in [9.17, 15) is 5.11 Å². The number of aromatic hydroxyl groups is 1. The predicted molar refractivity (Wildman–Crippen MR) is 103 cm³/mol. The third-order valence-corrected chi connectivity index (χ3v) is 5.04. The lowest BCUT2D eigenvalue weighted by Gasteiger charge is -2.29. The van der Waals surface area contributed by atoms with E-state index in [0.29, 0.717) is 5.75 Å². The SMILES string of the molecule is CCCCCc1cc(O)c(C2C=C(C)CCC2)c(OC(C)(C)OC)c1. The van der Waals surface area contributed by atoms with Crippen molar-refractivity contribution >= 4 is 0 Å². The van der Waals surface area contributed by atoms with Crippen LogP contribution < -0.4 is 4.74 Å². The lowest BCUT2D eigenvalue weighted by molar-refractivity contribution is -0.134. The number of aryl methyl sites for hydroxylation is 1. The van der Waals surface area contributed by atoms with Gasteiger partial charge in [0.15, 0.2) is 0 Å². The van der Waals surface area contributed by atoms with E-state index in [2.05, 4.69) is 26.0 Å². The summed E-state index contributed by atoms with van der Waals surface area (Å²) in [6.45, 7) is 8.18. The van der Waals surface area contributed by atoms with E-state index >= 15 is 0 Å². The first-order valence-corrected chi connectivity index (χ1v) is 9.63. The fourth-order valence-electron chi connectivity index (χ4n) is 3.49. The highest BCUT2D eigenvalue weighted by Gasteiger charge is 2.26. The summed E-state index contributed by atoms with van der Waals surface area (Å²) in [5.74, 6) is 0.596. The summed E-state index contributed by atoms with van der Waals surface area (Å²) in [7, 11) is 1.65. The van der Waals surface area contributed by atoms with Gasteiger partial charge in [0, 0.05) is 32.4 Å². The van der Waals surface area contributed by atoms with Crippen LogP contribution in [-0.4, -0.2) is 18.0 Å². The van der Waals surface area contributed by atoms with E-state index in [1.807, 2.05) is 19.9 Å². The van der Waals surface area contributed by atoms with E-state index in [0.717, 1.165) is 49.0 Å². The smallest absolute Gasteiger partial charge is 0.204 e. The monoisotopic (exact) mass is 346 g/mol. The standard InChI is InChI=1S/C22H34O3/c1-6-7-8-11-17-14-19(23)21(18-12-9-10-16(2)13-18)20(15-17)25-22(3,4)24-5/h13-15,18,23H,6-12H2,1-5H3. The van der Waals surface area contributed by atoms with Crippen molar-refractivity contribution in [1.82, 2.24) is 0 Å². The van der Waals surface area contributed by atoms with Crippen molar-refractivity contribution < 1.29 is 14.6 Å². The number of unbranched alkanes of at least 4 members (excludes halogenated alkanes) is 2. The number of ether oxygens (including phenoxy) is 2. The van der Waals surface area contributed by atoms with Crippen molar-refractivity contribution in [3.05, 3.63) is 34.9 Å². The Labute approximate surface area is 153 Å². The Bertz CT molecular complexity index is 602. The largest absolute Gasteiger partial charge is 0.507 e. The van der Waals surface area contributed by atoms with E-state index in [4.69, 9.17) is 9.47 Å². The van der Waals surface area contributed by atoms with E-state index < -0.39 is 5.79 Å². The van der Waals surface area contributed by atoms with Crippen LogP contribution in [0.3, 0.4) is 0 Å². The van der Waals surface area contributed by atoms with Crippen molar-refractivity contribution in [2.24, 2.45) is 0 Å². The molecule has 1 unspecified atom stereocenters. The average Bonchev–Trinajstić information content (AvgIpc) is 2.54. The highest BCUT2D eigenvalue weighted by Crippen LogP contribution is 2.43. The van der Waals surface area contributed by atoms with Crippen LogP contribution in [0.4, 0.5) is 0 Å². The molecule has 0 saturated carbocycles. The number of hydrogen-bond acceptors (Lipinski definition) is 3. The van der Waals surface area contributed by atoms with Gasteiger partial charge in [-0.05, 0) is 56.7 Å². The molecule has 0 fully saturated rings. The molecule has 25 heavy (non-hydrogen) atoms. The number of phenolic OH excluding ortho intramolecular Hbond substituents is 1. The van der Waals surface area contributed by atoms with Gasteiger partial charge >= 0.3 is 0 Å². The summed E-state index contributed by atoms with van der Waals surface area (Å²) >= 11 is 0. The Morgan fingerprint density at radius 3 is 2.64 bits per heavy atom. The molecule has 0 aromatic heterocycles. The topological polar surface area (TPSA) is 38.7 Å². The lowest BCUT2D eigenvalue weighted by Crippen LogP contribution is -2.31. The molecule has 0 heterocycles. The second-order valence-electron chi connectivity index (χ2n) is 7.70. The Balaban J connectivity index is 2.39. The van der Waals surface area contributed by atoms with E-state index in [1.165, 1.54) is 18.4 Å². The minimum atomic E-state index is -0.726. The molecule has 1 aliphatic carbocycles. The highest BCUT2D eigenvalue weighted by molar-refractivity contribution is 5.51. The van der Waals surface area contributed by atoms with Gasteiger partial charge in [0.1, 0.15) is 11.5 Å². The minimum Gasteiger partial charge on any atom is -0.507 e. The van der Waals surface area contributed by atoms with Crippen LogP contribution >= 0.6 is 0 Å². The third kappa shape index (κ3) is 5.50. The molecule has 1 aromatic carbocycles. The number of hydrogen-bond donors (Lipinski definition) is 1. The Morgan fingerprint density at radius 1 is 1.24 bits per heavy atom. The van der Waals surface area contributed by atoms with Gasteiger partial charge in [-0.25, -0.2) is 0 Å². The molecule has 0 bridgehead atoms. The lowest BCUT2D eigenvalue weighted by atomic mass is 9.84. The van der Waals surface area contributed by atoms with Crippen LogP contribution in [0.2, 0.25) is 0 Å². The summed E-state index contributed by atoms with van der Waals surface area (Å²) in [5.41, 5.74) is 3.43. The van der Waals surface area contributed by atoms with Crippen molar-refractivity contribution in [3.8, 4) is 11.5 Å². The van der Waals surface area contributed by atoms with Crippen LogP contribution in [-0.2, 0) is 11.2 Å². The van der Waals surface area contributed by atoms with Crippen molar-refractivity contribution in [1.29, 1.82) is 0 Å². The van der Waals surface area contributed by atoms with Crippen LogP contribution in [0.15, 0.2) is 23.8 Å². The molecule has 1 N–H and O–H groups in total. The molecule has 1 atom stereocenters. The molecule has 3 heteroatoms. The number of allylic oxidation sites excluding steroid dienone is 2. The fraction of sp³-hybridized carbons (Fsp3) is 0.636. The van der Waals surface area contributed by atoms with Gasteiger partial charge in [0.25, 0.3) is 0 Å². The zero-order valence-corrected chi connectivity index (χ0v) is 16.5. The van der Waals surface area contributed by atoms with Crippen LogP contribution in [0.1, 0.15) is 83.3 Å². The van der Waals surface area contributed by atoms with Gasteiger partial charge in [-0.3, -0.25) is 0 Å². The van der Waals surface area contributed by atoms with Gasteiger partial charge in [-0.1, -0.05) is 31.4 Å². The molecule has 3 nitrogen and oxygen atoms in total. The maximum Gasteiger partial charge on any atom is 0.204 e. The molecule has 0 aliphatic heterocycles.